The van der Waals surface area contributed by atoms with Crippen molar-refractivity contribution in [1.82, 2.24) is 9.80 Å². The summed E-state index contributed by atoms with van der Waals surface area (Å²) in [4.78, 5) is 28.1. The molecule has 3 aromatic carbocycles. The lowest BCUT2D eigenvalue weighted by molar-refractivity contribution is -0.132. The lowest BCUT2D eigenvalue weighted by Crippen LogP contribution is -2.51. The van der Waals surface area contributed by atoms with Gasteiger partial charge in [-0.1, -0.05) is 60.7 Å². The van der Waals surface area contributed by atoms with Crippen LogP contribution in [0.3, 0.4) is 0 Å². The maximum Gasteiger partial charge on any atom is 0.410 e. The SMILES string of the molecule is O=C(Cc1ccc(F)c(F)c1)N1CCN(C(=O)OCc2ccc(-c3ccccc3)cc2)CC1. The van der Waals surface area contributed by atoms with Crippen LogP contribution in [0.2, 0.25) is 0 Å². The minimum absolute atomic E-state index is 0.0133. The summed E-state index contributed by atoms with van der Waals surface area (Å²) in [6, 6.07) is 21.3. The highest BCUT2D eigenvalue weighted by Gasteiger charge is 2.25. The van der Waals surface area contributed by atoms with Gasteiger partial charge in [0.1, 0.15) is 6.61 Å². The zero-order valence-electron chi connectivity index (χ0n) is 18.0. The lowest BCUT2D eigenvalue weighted by Gasteiger charge is -2.34. The number of benzene rings is 3. The van der Waals surface area contributed by atoms with Gasteiger partial charge in [-0.15, -0.1) is 0 Å². The van der Waals surface area contributed by atoms with Crippen molar-refractivity contribution in [3.05, 3.63) is 95.6 Å². The van der Waals surface area contributed by atoms with Gasteiger partial charge >= 0.3 is 6.09 Å². The van der Waals surface area contributed by atoms with Crippen LogP contribution < -0.4 is 0 Å². The van der Waals surface area contributed by atoms with E-state index in [1.165, 1.54) is 6.07 Å². The van der Waals surface area contributed by atoms with Gasteiger partial charge in [0.2, 0.25) is 5.91 Å². The molecule has 0 unspecified atom stereocenters. The number of rotatable bonds is 5. The monoisotopic (exact) mass is 450 g/mol. The first kappa shape index (κ1) is 22.5. The Kier molecular flexibility index (Phi) is 6.98. The number of piperazine rings is 1. The highest BCUT2D eigenvalue weighted by molar-refractivity contribution is 5.79. The summed E-state index contributed by atoms with van der Waals surface area (Å²) in [6.45, 7) is 1.61. The minimum atomic E-state index is -0.970. The molecular formula is C26H24F2N2O3. The molecule has 33 heavy (non-hydrogen) atoms. The van der Waals surface area contributed by atoms with Crippen LogP contribution in [0, 0.1) is 11.6 Å². The van der Waals surface area contributed by atoms with Crippen LogP contribution in [0.25, 0.3) is 11.1 Å². The molecule has 0 aromatic heterocycles. The van der Waals surface area contributed by atoms with Crippen molar-refractivity contribution >= 4 is 12.0 Å². The maximum atomic E-state index is 13.3. The van der Waals surface area contributed by atoms with E-state index in [1.807, 2.05) is 54.6 Å². The molecule has 4 rings (SSSR count). The third-order valence-electron chi connectivity index (χ3n) is 5.65. The van der Waals surface area contributed by atoms with Crippen molar-refractivity contribution in [2.45, 2.75) is 13.0 Å². The number of halogens is 2. The number of hydrogen-bond acceptors (Lipinski definition) is 3. The largest absolute Gasteiger partial charge is 0.445 e. The fourth-order valence-electron chi connectivity index (χ4n) is 3.73. The smallest absolute Gasteiger partial charge is 0.410 e. The van der Waals surface area contributed by atoms with Gasteiger partial charge in [-0.25, -0.2) is 13.6 Å². The summed E-state index contributed by atoms with van der Waals surface area (Å²) in [7, 11) is 0. The Balaban J connectivity index is 1.23. The maximum absolute atomic E-state index is 13.3. The predicted octanol–water partition coefficient (Wildman–Crippen LogP) is 4.66. The van der Waals surface area contributed by atoms with Gasteiger partial charge in [-0.2, -0.15) is 0 Å². The first-order valence-electron chi connectivity index (χ1n) is 10.8. The Morgan fingerprint density at radius 1 is 0.727 bits per heavy atom. The number of ether oxygens (including phenoxy) is 1. The normalized spacial score (nSPS) is 13.6. The molecule has 3 aromatic rings. The van der Waals surface area contributed by atoms with Crippen molar-refractivity contribution in [3.8, 4) is 11.1 Å². The van der Waals surface area contributed by atoms with Gasteiger partial charge < -0.3 is 14.5 Å². The Hall–Kier alpha value is -3.74. The van der Waals surface area contributed by atoms with Crippen LogP contribution in [0.4, 0.5) is 13.6 Å². The van der Waals surface area contributed by atoms with E-state index < -0.39 is 17.7 Å². The van der Waals surface area contributed by atoms with Gasteiger partial charge in [0.05, 0.1) is 6.42 Å². The Morgan fingerprint density at radius 2 is 1.33 bits per heavy atom. The van der Waals surface area contributed by atoms with Gasteiger partial charge in [0.25, 0.3) is 0 Å². The van der Waals surface area contributed by atoms with E-state index in [9.17, 15) is 18.4 Å². The highest BCUT2D eigenvalue weighted by Crippen LogP contribution is 2.20. The molecule has 1 aliphatic rings. The van der Waals surface area contributed by atoms with Crippen molar-refractivity contribution in [2.24, 2.45) is 0 Å². The predicted molar refractivity (Wildman–Crippen MR) is 120 cm³/mol. The molecule has 0 atom stereocenters. The van der Waals surface area contributed by atoms with Crippen LogP contribution in [0.5, 0.6) is 0 Å². The number of carbonyl (C=O) groups excluding carboxylic acids is 2. The second-order valence-corrected chi connectivity index (χ2v) is 7.91. The quantitative estimate of drug-likeness (QED) is 0.568. The highest BCUT2D eigenvalue weighted by atomic mass is 19.2. The van der Waals surface area contributed by atoms with Gasteiger partial charge in [-0.3, -0.25) is 4.79 Å². The molecule has 2 amide bonds. The van der Waals surface area contributed by atoms with E-state index in [0.29, 0.717) is 31.7 Å². The van der Waals surface area contributed by atoms with E-state index >= 15 is 0 Å². The Labute approximate surface area is 191 Å². The standard InChI is InChI=1S/C26H24F2N2O3/c27-23-11-8-20(16-24(23)28)17-25(31)29-12-14-30(15-13-29)26(32)33-18-19-6-9-22(10-7-19)21-4-2-1-3-5-21/h1-11,16H,12-15,17-18H2. The average Bonchev–Trinajstić information content (AvgIpc) is 2.86. The second-order valence-electron chi connectivity index (χ2n) is 7.91. The van der Waals surface area contributed by atoms with Crippen molar-refractivity contribution in [1.29, 1.82) is 0 Å². The van der Waals surface area contributed by atoms with E-state index in [1.54, 1.807) is 9.80 Å². The molecule has 5 nitrogen and oxygen atoms in total. The Morgan fingerprint density at radius 3 is 2.00 bits per heavy atom. The summed E-state index contributed by atoms with van der Waals surface area (Å²) in [5.41, 5.74) is 3.52. The number of carbonyl (C=O) groups is 2. The molecular weight excluding hydrogens is 426 g/mol. The summed E-state index contributed by atoms with van der Waals surface area (Å²) >= 11 is 0. The molecule has 0 bridgehead atoms. The van der Waals surface area contributed by atoms with E-state index in [2.05, 4.69) is 0 Å². The van der Waals surface area contributed by atoms with E-state index in [4.69, 9.17) is 4.74 Å². The van der Waals surface area contributed by atoms with Crippen molar-refractivity contribution in [3.63, 3.8) is 0 Å². The van der Waals surface area contributed by atoms with Crippen LogP contribution in [0.15, 0.2) is 72.8 Å². The first-order valence-corrected chi connectivity index (χ1v) is 10.8. The third kappa shape index (κ3) is 5.74. The van der Waals surface area contributed by atoms with E-state index in [0.717, 1.165) is 28.8 Å². The van der Waals surface area contributed by atoms with Crippen molar-refractivity contribution < 1.29 is 23.1 Å². The molecule has 1 fully saturated rings. The molecule has 7 heteroatoms. The molecule has 170 valence electrons. The zero-order chi connectivity index (χ0) is 23.2. The summed E-state index contributed by atoms with van der Waals surface area (Å²) in [5, 5.41) is 0. The third-order valence-corrected chi connectivity index (χ3v) is 5.65. The Bertz CT molecular complexity index is 1110. The van der Waals surface area contributed by atoms with Crippen molar-refractivity contribution in [2.75, 3.05) is 26.2 Å². The van der Waals surface area contributed by atoms with Gasteiger partial charge in [-0.05, 0) is 34.4 Å². The van der Waals surface area contributed by atoms with Crippen LogP contribution in [0.1, 0.15) is 11.1 Å². The first-order chi connectivity index (χ1) is 16.0. The van der Waals surface area contributed by atoms with Gasteiger partial charge in [0.15, 0.2) is 11.6 Å². The molecule has 1 aliphatic heterocycles. The molecule has 1 heterocycles. The van der Waals surface area contributed by atoms with E-state index in [-0.39, 0.29) is 18.9 Å². The number of nitrogens with zero attached hydrogens (tertiary/aromatic N) is 2. The zero-order valence-corrected chi connectivity index (χ0v) is 18.0. The molecule has 0 aliphatic carbocycles. The number of amides is 2. The fraction of sp³-hybridized carbons (Fsp3) is 0.231. The van der Waals surface area contributed by atoms with Crippen LogP contribution >= 0.6 is 0 Å². The molecule has 1 saturated heterocycles. The summed E-state index contributed by atoms with van der Waals surface area (Å²) in [5.74, 6) is -2.10. The second kappa shape index (κ2) is 10.3. The fourth-order valence-corrected chi connectivity index (χ4v) is 3.73. The molecule has 0 radical (unpaired) electrons. The van der Waals surface area contributed by atoms with Crippen LogP contribution in [-0.4, -0.2) is 48.0 Å². The lowest BCUT2D eigenvalue weighted by atomic mass is 10.0. The molecule has 0 N–H and O–H groups in total. The summed E-state index contributed by atoms with van der Waals surface area (Å²) < 4.78 is 31.8. The van der Waals surface area contributed by atoms with Gasteiger partial charge in [0, 0.05) is 26.2 Å². The van der Waals surface area contributed by atoms with Crippen LogP contribution in [-0.2, 0) is 22.6 Å². The average molecular weight is 450 g/mol. The topological polar surface area (TPSA) is 49.9 Å². The molecule has 0 spiro atoms. The molecule has 0 saturated carbocycles. The number of hydrogen-bond donors (Lipinski definition) is 0. The summed E-state index contributed by atoms with van der Waals surface area (Å²) in [6.07, 6.45) is -0.435. The minimum Gasteiger partial charge on any atom is -0.445 e.